The van der Waals surface area contributed by atoms with Crippen LogP contribution < -0.4 is 0 Å². The molecule has 0 aliphatic carbocycles. The van der Waals surface area contributed by atoms with Gasteiger partial charge in [-0.15, -0.1) is 10.2 Å². The van der Waals surface area contributed by atoms with Crippen LogP contribution in [-0.2, 0) is 6.42 Å². The van der Waals surface area contributed by atoms with Crippen molar-refractivity contribution in [2.75, 3.05) is 11.5 Å². The summed E-state index contributed by atoms with van der Waals surface area (Å²) in [5.41, 5.74) is 0.841. The van der Waals surface area contributed by atoms with E-state index in [1.807, 2.05) is 34.5 Å². The lowest BCUT2D eigenvalue weighted by molar-refractivity contribution is 0.572. The average Bonchev–Trinajstić information content (AvgIpc) is 2.89. The highest BCUT2D eigenvalue weighted by Gasteiger charge is 2.18. The van der Waals surface area contributed by atoms with E-state index in [4.69, 9.17) is 11.6 Å². The SMILES string of the molecule is Clc1ccn2c(CC3CCSC3)nnc2c1. The predicted octanol–water partition coefficient (Wildman–Crippen LogP) is 2.68. The second kappa shape index (κ2) is 4.26. The minimum absolute atomic E-state index is 0.711. The Morgan fingerprint density at radius 1 is 1.50 bits per heavy atom. The molecule has 2 aromatic heterocycles. The molecule has 0 saturated carbocycles. The summed E-state index contributed by atoms with van der Waals surface area (Å²) >= 11 is 7.95. The zero-order chi connectivity index (χ0) is 11.0. The van der Waals surface area contributed by atoms with E-state index in [-0.39, 0.29) is 0 Å². The van der Waals surface area contributed by atoms with E-state index in [2.05, 4.69) is 10.2 Å². The summed E-state index contributed by atoms with van der Waals surface area (Å²) in [6.07, 6.45) is 4.28. The lowest BCUT2D eigenvalue weighted by Crippen LogP contribution is -2.06. The van der Waals surface area contributed by atoms with Crippen LogP contribution in [0, 0.1) is 5.92 Å². The first-order valence-electron chi connectivity index (χ1n) is 5.40. The average molecular weight is 254 g/mol. The molecule has 1 saturated heterocycles. The van der Waals surface area contributed by atoms with Gasteiger partial charge in [-0.05, 0) is 29.9 Å². The Hall–Kier alpha value is -0.740. The van der Waals surface area contributed by atoms with Crippen LogP contribution in [0.25, 0.3) is 5.65 Å². The Morgan fingerprint density at radius 3 is 3.25 bits per heavy atom. The van der Waals surface area contributed by atoms with Gasteiger partial charge in [0, 0.05) is 23.7 Å². The molecule has 0 N–H and O–H groups in total. The highest BCUT2D eigenvalue weighted by Crippen LogP contribution is 2.26. The summed E-state index contributed by atoms with van der Waals surface area (Å²) in [7, 11) is 0. The Bertz CT molecular complexity index is 505. The van der Waals surface area contributed by atoms with Crippen LogP contribution in [0.15, 0.2) is 18.3 Å². The van der Waals surface area contributed by atoms with Crippen LogP contribution in [0.2, 0.25) is 5.02 Å². The first-order chi connectivity index (χ1) is 7.83. The highest BCUT2D eigenvalue weighted by atomic mass is 35.5. The zero-order valence-electron chi connectivity index (χ0n) is 8.77. The smallest absolute Gasteiger partial charge is 0.162 e. The van der Waals surface area contributed by atoms with Crippen molar-refractivity contribution in [3.8, 4) is 0 Å². The molecule has 1 fully saturated rings. The minimum Gasteiger partial charge on any atom is -0.286 e. The lowest BCUT2D eigenvalue weighted by atomic mass is 10.1. The van der Waals surface area contributed by atoms with Crippen molar-refractivity contribution in [1.29, 1.82) is 0 Å². The van der Waals surface area contributed by atoms with Gasteiger partial charge >= 0.3 is 0 Å². The molecule has 5 heteroatoms. The second-order valence-electron chi connectivity index (χ2n) is 4.12. The Kier molecular flexibility index (Phi) is 2.77. The monoisotopic (exact) mass is 253 g/mol. The van der Waals surface area contributed by atoms with Crippen LogP contribution in [0.4, 0.5) is 0 Å². The van der Waals surface area contributed by atoms with E-state index in [1.165, 1.54) is 17.9 Å². The molecule has 0 spiro atoms. The summed E-state index contributed by atoms with van der Waals surface area (Å²) in [6, 6.07) is 3.73. The van der Waals surface area contributed by atoms with Crippen LogP contribution in [-0.4, -0.2) is 26.1 Å². The quantitative estimate of drug-likeness (QED) is 0.824. The molecule has 1 atom stereocenters. The van der Waals surface area contributed by atoms with Gasteiger partial charge in [-0.25, -0.2) is 0 Å². The first kappa shape index (κ1) is 10.4. The maximum absolute atomic E-state index is 5.91. The Balaban J connectivity index is 1.91. The van der Waals surface area contributed by atoms with Gasteiger partial charge in [0.25, 0.3) is 0 Å². The summed E-state index contributed by atoms with van der Waals surface area (Å²) in [6.45, 7) is 0. The molecule has 1 unspecified atom stereocenters. The third-order valence-corrected chi connectivity index (χ3v) is 4.40. The van der Waals surface area contributed by atoms with E-state index in [0.29, 0.717) is 5.02 Å². The van der Waals surface area contributed by atoms with E-state index in [9.17, 15) is 0 Å². The molecule has 3 nitrogen and oxygen atoms in total. The van der Waals surface area contributed by atoms with Gasteiger partial charge in [0.1, 0.15) is 5.82 Å². The molecule has 1 aliphatic rings. The number of rotatable bonds is 2. The Labute approximate surface area is 103 Å². The number of thioether (sulfide) groups is 1. The molecule has 2 aromatic rings. The van der Waals surface area contributed by atoms with Crippen molar-refractivity contribution >= 4 is 29.0 Å². The van der Waals surface area contributed by atoms with Crippen molar-refractivity contribution < 1.29 is 0 Å². The molecule has 3 rings (SSSR count). The van der Waals surface area contributed by atoms with Crippen LogP contribution in [0.5, 0.6) is 0 Å². The second-order valence-corrected chi connectivity index (χ2v) is 5.71. The van der Waals surface area contributed by atoms with E-state index >= 15 is 0 Å². The van der Waals surface area contributed by atoms with Crippen molar-refractivity contribution in [2.24, 2.45) is 5.92 Å². The Morgan fingerprint density at radius 2 is 2.44 bits per heavy atom. The van der Waals surface area contributed by atoms with E-state index < -0.39 is 0 Å². The maximum Gasteiger partial charge on any atom is 0.162 e. The standard InChI is InChI=1S/C11H12ClN3S/c12-9-1-3-15-10(13-14-11(15)6-9)5-8-2-4-16-7-8/h1,3,6,8H,2,4-5,7H2. The molecule has 84 valence electrons. The number of hydrogen-bond acceptors (Lipinski definition) is 3. The van der Waals surface area contributed by atoms with Crippen molar-refractivity contribution in [3.05, 3.63) is 29.2 Å². The van der Waals surface area contributed by atoms with Crippen molar-refractivity contribution in [2.45, 2.75) is 12.8 Å². The third-order valence-electron chi connectivity index (χ3n) is 2.94. The number of aromatic nitrogens is 3. The van der Waals surface area contributed by atoms with Gasteiger partial charge in [0.2, 0.25) is 0 Å². The van der Waals surface area contributed by atoms with Crippen molar-refractivity contribution in [1.82, 2.24) is 14.6 Å². The molecule has 0 bridgehead atoms. The van der Waals surface area contributed by atoms with Crippen LogP contribution >= 0.6 is 23.4 Å². The number of pyridine rings is 1. The van der Waals surface area contributed by atoms with Gasteiger partial charge in [-0.3, -0.25) is 4.40 Å². The predicted molar refractivity (Wildman–Crippen MR) is 67.1 cm³/mol. The van der Waals surface area contributed by atoms with Gasteiger partial charge in [0.15, 0.2) is 5.65 Å². The van der Waals surface area contributed by atoms with Crippen molar-refractivity contribution in [3.63, 3.8) is 0 Å². The van der Waals surface area contributed by atoms with Gasteiger partial charge in [-0.2, -0.15) is 11.8 Å². The normalized spacial score (nSPS) is 20.7. The largest absolute Gasteiger partial charge is 0.286 e. The first-order valence-corrected chi connectivity index (χ1v) is 6.93. The van der Waals surface area contributed by atoms with Gasteiger partial charge < -0.3 is 0 Å². The number of fused-ring (bicyclic) bond motifs is 1. The molecule has 0 radical (unpaired) electrons. The number of hydrogen-bond donors (Lipinski definition) is 0. The molecule has 16 heavy (non-hydrogen) atoms. The fourth-order valence-electron chi connectivity index (χ4n) is 2.06. The third kappa shape index (κ3) is 1.92. The lowest BCUT2D eigenvalue weighted by Gasteiger charge is -2.05. The minimum atomic E-state index is 0.711. The van der Waals surface area contributed by atoms with Gasteiger partial charge in [-0.1, -0.05) is 11.6 Å². The molecule has 0 aromatic carbocycles. The van der Waals surface area contributed by atoms with E-state index in [0.717, 1.165) is 23.8 Å². The van der Waals surface area contributed by atoms with Gasteiger partial charge in [0.05, 0.1) is 0 Å². The number of halogens is 1. The molecule has 0 amide bonds. The topological polar surface area (TPSA) is 30.2 Å². The zero-order valence-corrected chi connectivity index (χ0v) is 10.3. The summed E-state index contributed by atoms with van der Waals surface area (Å²) in [5, 5.41) is 9.10. The summed E-state index contributed by atoms with van der Waals surface area (Å²) < 4.78 is 2.04. The van der Waals surface area contributed by atoms with Crippen LogP contribution in [0.1, 0.15) is 12.2 Å². The maximum atomic E-state index is 5.91. The highest BCUT2D eigenvalue weighted by molar-refractivity contribution is 7.99. The molecule has 1 aliphatic heterocycles. The molecule has 3 heterocycles. The van der Waals surface area contributed by atoms with E-state index in [1.54, 1.807) is 0 Å². The fourth-order valence-corrected chi connectivity index (χ4v) is 3.50. The van der Waals surface area contributed by atoms with Crippen LogP contribution in [0.3, 0.4) is 0 Å². The fraction of sp³-hybridized carbons (Fsp3) is 0.455. The summed E-state index contributed by atoms with van der Waals surface area (Å²) in [5.74, 6) is 4.35. The molecular formula is C11H12ClN3S. The number of nitrogens with zero attached hydrogens (tertiary/aromatic N) is 3. The molecular weight excluding hydrogens is 242 g/mol. The summed E-state index contributed by atoms with van der Waals surface area (Å²) in [4.78, 5) is 0.